The first-order chi connectivity index (χ1) is 9.25. The van der Waals surface area contributed by atoms with Crippen LogP contribution in [0.1, 0.15) is 37.5 Å². The van der Waals surface area contributed by atoms with E-state index >= 15 is 0 Å². The Morgan fingerprint density at radius 1 is 1.25 bits per heavy atom. The SMILES string of the molecule is Cc1cc(CC(O)CNCCO)c(O)c(C(C)(C)C)c1. The summed E-state index contributed by atoms with van der Waals surface area (Å²) in [4.78, 5) is 0. The molecule has 0 saturated carbocycles. The minimum atomic E-state index is -0.581. The lowest BCUT2D eigenvalue weighted by Crippen LogP contribution is -2.30. The van der Waals surface area contributed by atoms with Gasteiger partial charge in [0.2, 0.25) is 0 Å². The average molecular weight is 281 g/mol. The summed E-state index contributed by atoms with van der Waals surface area (Å²) < 4.78 is 0. The molecule has 0 aliphatic heterocycles. The van der Waals surface area contributed by atoms with E-state index in [4.69, 9.17) is 5.11 Å². The maximum Gasteiger partial charge on any atom is 0.122 e. The van der Waals surface area contributed by atoms with Crippen molar-refractivity contribution in [2.45, 2.75) is 45.6 Å². The molecule has 0 aliphatic rings. The van der Waals surface area contributed by atoms with Crippen LogP contribution < -0.4 is 5.32 Å². The molecular weight excluding hydrogens is 254 g/mol. The molecule has 1 unspecified atom stereocenters. The van der Waals surface area contributed by atoms with Gasteiger partial charge in [0.1, 0.15) is 5.75 Å². The van der Waals surface area contributed by atoms with Gasteiger partial charge in [-0.3, -0.25) is 0 Å². The molecule has 1 atom stereocenters. The number of aliphatic hydroxyl groups excluding tert-OH is 2. The highest BCUT2D eigenvalue weighted by Crippen LogP contribution is 2.34. The van der Waals surface area contributed by atoms with Crippen molar-refractivity contribution >= 4 is 0 Å². The maximum absolute atomic E-state index is 10.4. The molecule has 114 valence electrons. The number of aromatic hydroxyl groups is 1. The highest BCUT2D eigenvalue weighted by Gasteiger charge is 2.21. The normalized spacial score (nSPS) is 13.5. The van der Waals surface area contributed by atoms with Crippen molar-refractivity contribution in [2.24, 2.45) is 0 Å². The topological polar surface area (TPSA) is 72.7 Å². The molecule has 0 bridgehead atoms. The number of phenolic OH excluding ortho intramolecular Hbond substituents is 1. The molecule has 0 heterocycles. The van der Waals surface area contributed by atoms with Gasteiger partial charge in [0.05, 0.1) is 12.7 Å². The van der Waals surface area contributed by atoms with Crippen molar-refractivity contribution in [3.63, 3.8) is 0 Å². The van der Waals surface area contributed by atoms with E-state index in [1.54, 1.807) is 0 Å². The Labute approximate surface area is 121 Å². The number of aliphatic hydroxyl groups is 2. The summed E-state index contributed by atoms with van der Waals surface area (Å²) in [6.07, 6.45) is -0.184. The first-order valence-corrected chi connectivity index (χ1v) is 7.08. The van der Waals surface area contributed by atoms with Crippen molar-refractivity contribution < 1.29 is 15.3 Å². The van der Waals surface area contributed by atoms with Crippen LogP contribution in [0.2, 0.25) is 0 Å². The van der Waals surface area contributed by atoms with Gasteiger partial charge in [-0.25, -0.2) is 0 Å². The third kappa shape index (κ3) is 4.78. The summed E-state index contributed by atoms with van der Waals surface area (Å²) in [6.45, 7) is 9.09. The number of nitrogens with one attached hydrogen (secondary N) is 1. The Hall–Kier alpha value is -1.10. The Balaban J connectivity index is 2.87. The van der Waals surface area contributed by atoms with Crippen LogP contribution in [0.5, 0.6) is 5.75 Å². The highest BCUT2D eigenvalue weighted by atomic mass is 16.3. The summed E-state index contributed by atoms with van der Waals surface area (Å²) in [7, 11) is 0. The molecule has 4 nitrogen and oxygen atoms in total. The quantitative estimate of drug-likeness (QED) is 0.596. The molecule has 4 N–H and O–H groups in total. The van der Waals surface area contributed by atoms with Gasteiger partial charge in [-0.1, -0.05) is 38.5 Å². The van der Waals surface area contributed by atoms with E-state index in [2.05, 4.69) is 26.1 Å². The van der Waals surface area contributed by atoms with Crippen LogP contribution in [0.15, 0.2) is 12.1 Å². The second kappa shape index (κ2) is 7.07. The van der Waals surface area contributed by atoms with Crippen LogP contribution in [0.25, 0.3) is 0 Å². The molecule has 0 aliphatic carbocycles. The molecule has 0 aromatic heterocycles. The van der Waals surface area contributed by atoms with E-state index in [1.165, 1.54) is 0 Å². The number of benzene rings is 1. The fourth-order valence-electron chi connectivity index (χ4n) is 2.25. The van der Waals surface area contributed by atoms with Gasteiger partial charge in [-0.15, -0.1) is 0 Å². The zero-order valence-corrected chi connectivity index (χ0v) is 12.9. The Bertz CT molecular complexity index is 438. The molecule has 1 aromatic rings. The number of rotatable bonds is 6. The molecule has 0 amide bonds. The van der Waals surface area contributed by atoms with Crippen LogP contribution in [-0.4, -0.2) is 41.1 Å². The largest absolute Gasteiger partial charge is 0.507 e. The molecule has 0 fully saturated rings. The number of aryl methyl sites for hydroxylation is 1. The lowest BCUT2D eigenvalue weighted by Gasteiger charge is -2.23. The molecule has 20 heavy (non-hydrogen) atoms. The average Bonchev–Trinajstić information content (AvgIpc) is 2.32. The lowest BCUT2D eigenvalue weighted by atomic mass is 9.83. The van der Waals surface area contributed by atoms with Crippen LogP contribution in [0.3, 0.4) is 0 Å². The fraction of sp³-hybridized carbons (Fsp3) is 0.625. The van der Waals surface area contributed by atoms with Crippen molar-refractivity contribution in [3.05, 3.63) is 28.8 Å². The summed E-state index contributed by atoms with van der Waals surface area (Å²) in [5.41, 5.74) is 2.62. The van der Waals surface area contributed by atoms with Crippen molar-refractivity contribution in [1.82, 2.24) is 5.32 Å². The molecule has 0 spiro atoms. The Morgan fingerprint density at radius 3 is 2.45 bits per heavy atom. The van der Waals surface area contributed by atoms with Crippen molar-refractivity contribution in [1.29, 1.82) is 0 Å². The number of hydrogen-bond acceptors (Lipinski definition) is 4. The third-order valence-corrected chi connectivity index (χ3v) is 3.27. The smallest absolute Gasteiger partial charge is 0.122 e. The van der Waals surface area contributed by atoms with Crippen molar-refractivity contribution in [2.75, 3.05) is 19.7 Å². The van der Waals surface area contributed by atoms with E-state index in [0.717, 1.165) is 16.7 Å². The summed E-state index contributed by atoms with van der Waals surface area (Å²) in [6, 6.07) is 3.91. The molecule has 4 heteroatoms. The van der Waals surface area contributed by atoms with Crippen LogP contribution in [0.4, 0.5) is 0 Å². The summed E-state index contributed by atoms with van der Waals surface area (Å²) in [5, 5.41) is 32.0. The van der Waals surface area contributed by atoms with E-state index in [-0.39, 0.29) is 17.8 Å². The minimum absolute atomic E-state index is 0.0522. The van der Waals surface area contributed by atoms with Gasteiger partial charge in [0, 0.05) is 19.5 Å². The van der Waals surface area contributed by atoms with Crippen LogP contribution >= 0.6 is 0 Å². The molecule has 1 aromatic carbocycles. The van der Waals surface area contributed by atoms with E-state index in [1.807, 2.05) is 19.1 Å². The second-order valence-corrected chi connectivity index (χ2v) is 6.36. The Kier molecular flexibility index (Phi) is 5.99. The number of phenols is 1. The minimum Gasteiger partial charge on any atom is -0.507 e. The molecule has 0 saturated heterocycles. The zero-order chi connectivity index (χ0) is 15.3. The van der Waals surface area contributed by atoms with Gasteiger partial charge < -0.3 is 20.6 Å². The van der Waals surface area contributed by atoms with Crippen LogP contribution in [-0.2, 0) is 11.8 Å². The van der Waals surface area contributed by atoms with Crippen molar-refractivity contribution in [3.8, 4) is 5.75 Å². The van der Waals surface area contributed by atoms with E-state index in [9.17, 15) is 10.2 Å². The molecular formula is C16H27NO3. The van der Waals surface area contributed by atoms with E-state index in [0.29, 0.717) is 19.5 Å². The first kappa shape index (κ1) is 17.0. The van der Waals surface area contributed by atoms with Gasteiger partial charge in [0.25, 0.3) is 0 Å². The monoisotopic (exact) mass is 281 g/mol. The first-order valence-electron chi connectivity index (χ1n) is 7.08. The lowest BCUT2D eigenvalue weighted by molar-refractivity contribution is 0.167. The van der Waals surface area contributed by atoms with Gasteiger partial charge in [-0.2, -0.15) is 0 Å². The van der Waals surface area contributed by atoms with Crippen LogP contribution in [0, 0.1) is 6.92 Å². The summed E-state index contributed by atoms with van der Waals surface area (Å²) in [5.74, 6) is 0.282. The Morgan fingerprint density at radius 2 is 1.90 bits per heavy atom. The van der Waals surface area contributed by atoms with Gasteiger partial charge in [0.15, 0.2) is 0 Å². The predicted molar refractivity (Wildman–Crippen MR) is 81.2 cm³/mol. The zero-order valence-electron chi connectivity index (χ0n) is 12.9. The number of hydrogen-bond donors (Lipinski definition) is 4. The highest BCUT2D eigenvalue weighted by molar-refractivity contribution is 5.47. The van der Waals surface area contributed by atoms with Gasteiger partial charge in [-0.05, 0) is 23.5 Å². The predicted octanol–water partition coefficient (Wildman–Crippen LogP) is 1.48. The summed E-state index contributed by atoms with van der Waals surface area (Å²) >= 11 is 0. The molecule has 0 radical (unpaired) electrons. The standard InChI is InChI=1S/C16H27NO3/c1-11-7-12(9-13(19)10-17-5-6-18)15(20)14(8-11)16(2,3)4/h7-8,13,17-20H,5-6,9-10H2,1-4H3. The van der Waals surface area contributed by atoms with Gasteiger partial charge >= 0.3 is 0 Å². The maximum atomic E-state index is 10.4. The third-order valence-electron chi connectivity index (χ3n) is 3.27. The second-order valence-electron chi connectivity index (χ2n) is 6.36. The van der Waals surface area contributed by atoms with E-state index < -0.39 is 6.10 Å². The molecule has 1 rings (SSSR count). The fourth-order valence-corrected chi connectivity index (χ4v) is 2.25.